The molecule has 1 fully saturated rings. The third kappa shape index (κ3) is 4.05. The van der Waals surface area contributed by atoms with Crippen molar-refractivity contribution in [2.45, 2.75) is 6.10 Å². The van der Waals surface area contributed by atoms with Gasteiger partial charge in [0.05, 0.1) is 16.3 Å². The third-order valence-corrected chi connectivity index (χ3v) is 3.95. The number of morpholine rings is 1. The van der Waals surface area contributed by atoms with Crippen LogP contribution in [0.3, 0.4) is 0 Å². The van der Waals surface area contributed by atoms with Crippen LogP contribution in [-0.2, 0) is 4.74 Å². The quantitative estimate of drug-likeness (QED) is 0.775. The first kappa shape index (κ1) is 14.5. The second-order valence-corrected chi connectivity index (χ2v) is 5.79. The van der Waals surface area contributed by atoms with Crippen LogP contribution in [0.1, 0.15) is 10.4 Å². The van der Waals surface area contributed by atoms with Crippen molar-refractivity contribution in [1.82, 2.24) is 10.2 Å². The number of likely N-dealkylation sites (N-methyl/N-ethyl adjacent to an activating group) is 1. The highest BCUT2D eigenvalue weighted by molar-refractivity contribution is 14.1. The lowest BCUT2D eigenvalue weighted by Gasteiger charge is -2.30. The van der Waals surface area contributed by atoms with Crippen LogP contribution in [0.4, 0.5) is 0 Å². The SMILES string of the molecule is CN1CCOC(CNC(=O)c2ccc(I)c(O)c2)C1. The van der Waals surface area contributed by atoms with Gasteiger partial charge in [0.2, 0.25) is 0 Å². The Morgan fingerprint density at radius 1 is 1.63 bits per heavy atom. The van der Waals surface area contributed by atoms with Crippen molar-refractivity contribution in [3.05, 3.63) is 27.3 Å². The summed E-state index contributed by atoms with van der Waals surface area (Å²) in [4.78, 5) is 14.1. The first-order valence-electron chi connectivity index (χ1n) is 6.13. The molecular weight excluding hydrogens is 359 g/mol. The van der Waals surface area contributed by atoms with E-state index in [-0.39, 0.29) is 17.8 Å². The first-order valence-corrected chi connectivity index (χ1v) is 7.21. The van der Waals surface area contributed by atoms with Gasteiger partial charge in [-0.05, 0) is 47.8 Å². The number of benzene rings is 1. The molecular formula is C13H17IN2O3. The fourth-order valence-electron chi connectivity index (χ4n) is 1.95. The van der Waals surface area contributed by atoms with Crippen molar-refractivity contribution in [2.24, 2.45) is 0 Å². The minimum absolute atomic E-state index is 0.0279. The van der Waals surface area contributed by atoms with Crippen molar-refractivity contribution in [1.29, 1.82) is 0 Å². The number of nitrogens with one attached hydrogen (secondary N) is 1. The van der Waals surface area contributed by atoms with Gasteiger partial charge >= 0.3 is 0 Å². The van der Waals surface area contributed by atoms with Crippen molar-refractivity contribution in [2.75, 3.05) is 33.3 Å². The zero-order valence-electron chi connectivity index (χ0n) is 10.7. The lowest BCUT2D eigenvalue weighted by Crippen LogP contribution is -2.45. The third-order valence-electron chi connectivity index (χ3n) is 3.04. The Hall–Kier alpha value is -0.860. The molecule has 0 aromatic heterocycles. The molecule has 0 bridgehead atoms. The zero-order valence-corrected chi connectivity index (χ0v) is 12.9. The molecule has 1 saturated heterocycles. The molecule has 0 radical (unpaired) electrons. The largest absolute Gasteiger partial charge is 0.507 e. The molecule has 1 unspecified atom stereocenters. The first-order chi connectivity index (χ1) is 9.06. The molecule has 1 aromatic rings. The zero-order chi connectivity index (χ0) is 13.8. The van der Waals surface area contributed by atoms with Crippen molar-refractivity contribution >= 4 is 28.5 Å². The number of hydrogen-bond acceptors (Lipinski definition) is 4. The van der Waals surface area contributed by atoms with Gasteiger partial charge in [-0.25, -0.2) is 0 Å². The van der Waals surface area contributed by atoms with E-state index in [2.05, 4.69) is 10.2 Å². The van der Waals surface area contributed by atoms with Gasteiger partial charge < -0.3 is 20.1 Å². The fourth-order valence-corrected chi connectivity index (χ4v) is 2.29. The lowest BCUT2D eigenvalue weighted by molar-refractivity contribution is -0.0175. The van der Waals surface area contributed by atoms with Crippen LogP contribution in [0, 0.1) is 3.57 Å². The van der Waals surface area contributed by atoms with E-state index in [9.17, 15) is 9.90 Å². The number of rotatable bonds is 3. The smallest absolute Gasteiger partial charge is 0.251 e. The number of ether oxygens (including phenoxy) is 1. The highest BCUT2D eigenvalue weighted by atomic mass is 127. The van der Waals surface area contributed by atoms with E-state index in [4.69, 9.17) is 4.74 Å². The summed E-state index contributed by atoms with van der Waals surface area (Å²) in [5.41, 5.74) is 0.460. The maximum Gasteiger partial charge on any atom is 0.251 e. The van der Waals surface area contributed by atoms with E-state index in [0.29, 0.717) is 18.7 Å². The van der Waals surface area contributed by atoms with Crippen molar-refractivity contribution < 1.29 is 14.6 Å². The number of amides is 1. The molecule has 0 spiro atoms. The average Bonchev–Trinajstić information content (AvgIpc) is 2.39. The van der Waals surface area contributed by atoms with Crippen molar-refractivity contribution in [3.8, 4) is 5.75 Å². The van der Waals surface area contributed by atoms with Gasteiger partial charge in [0.1, 0.15) is 5.75 Å². The molecule has 104 valence electrons. The van der Waals surface area contributed by atoms with Gasteiger partial charge in [-0.2, -0.15) is 0 Å². The molecule has 1 aliphatic rings. The molecule has 1 atom stereocenters. The second kappa shape index (κ2) is 6.53. The molecule has 19 heavy (non-hydrogen) atoms. The van der Waals surface area contributed by atoms with E-state index in [1.807, 2.05) is 29.6 Å². The van der Waals surface area contributed by atoms with Crippen LogP contribution in [0.25, 0.3) is 0 Å². The Kier molecular flexibility index (Phi) is 5.00. The van der Waals surface area contributed by atoms with Crippen LogP contribution in [0.5, 0.6) is 5.75 Å². The number of carbonyl (C=O) groups is 1. The molecule has 1 aromatic carbocycles. The number of hydrogen-bond donors (Lipinski definition) is 2. The van der Waals surface area contributed by atoms with E-state index in [0.717, 1.165) is 16.7 Å². The summed E-state index contributed by atoms with van der Waals surface area (Å²) in [5, 5.41) is 12.4. The maximum absolute atomic E-state index is 11.9. The Bertz CT molecular complexity index is 467. The number of halogens is 1. The minimum atomic E-state index is -0.191. The maximum atomic E-state index is 11.9. The summed E-state index contributed by atoms with van der Waals surface area (Å²) in [6.07, 6.45) is 0.0279. The predicted molar refractivity (Wildman–Crippen MR) is 80.4 cm³/mol. The van der Waals surface area contributed by atoms with Gasteiger partial charge in [0.15, 0.2) is 0 Å². The summed E-state index contributed by atoms with van der Waals surface area (Å²) in [6, 6.07) is 4.89. The summed E-state index contributed by atoms with van der Waals surface area (Å²) < 4.78 is 6.30. The summed E-state index contributed by atoms with van der Waals surface area (Å²) >= 11 is 2.02. The van der Waals surface area contributed by atoms with Crippen LogP contribution in [0.15, 0.2) is 18.2 Å². The predicted octanol–water partition coefficient (Wildman–Crippen LogP) is 1.06. The van der Waals surface area contributed by atoms with Crippen molar-refractivity contribution in [3.63, 3.8) is 0 Å². The van der Waals surface area contributed by atoms with Gasteiger partial charge in [-0.15, -0.1) is 0 Å². The summed E-state index contributed by atoms with van der Waals surface area (Å²) in [5.74, 6) is -0.0644. The van der Waals surface area contributed by atoms with Gasteiger partial charge in [0.25, 0.3) is 5.91 Å². The van der Waals surface area contributed by atoms with Crippen LogP contribution in [0.2, 0.25) is 0 Å². The number of carbonyl (C=O) groups excluding carboxylic acids is 1. The van der Waals surface area contributed by atoms with E-state index >= 15 is 0 Å². The standard InChI is InChI=1S/C13H17IN2O3/c1-16-4-5-19-10(8-16)7-15-13(18)9-2-3-11(14)12(17)6-9/h2-3,6,10,17H,4-5,7-8H2,1H3,(H,15,18). The molecule has 1 heterocycles. The van der Waals surface area contributed by atoms with E-state index in [1.54, 1.807) is 12.1 Å². The molecule has 0 saturated carbocycles. The van der Waals surface area contributed by atoms with Gasteiger partial charge in [0, 0.05) is 25.2 Å². The number of aromatic hydroxyl groups is 1. The Morgan fingerprint density at radius 2 is 2.42 bits per heavy atom. The highest BCUT2D eigenvalue weighted by Gasteiger charge is 2.18. The molecule has 5 nitrogen and oxygen atoms in total. The molecule has 0 aliphatic carbocycles. The van der Waals surface area contributed by atoms with Crippen LogP contribution in [-0.4, -0.2) is 55.3 Å². The molecule has 2 N–H and O–H groups in total. The fraction of sp³-hybridized carbons (Fsp3) is 0.462. The number of phenols is 1. The molecule has 2 rings (SSSR count). The minimum Gasteiger partial charge on any atom is -0.507 e. The van der Waals surface area contributed by atoms with Crippen LogP contribution < -0.4 is 5.32 Å². The Balaban J connectivity index is 1.88. The second-order valence-electron chi connectivity index (χ2n) is 4.63. The van der Waals surface area contributed by atoms with Gasteiger partial charge in [-0.3, -0.25) is 4.79 Å². The molecule has 1 amide bonds. The van der Waals surface area contributed by atoms with E-state index < -0.39 is 0 Å². The van der Waals surface area contributed by atoms with E-state index in [1.165, 1.54) is 6.07 Å². The molecule has 1 aliphatic heterocycles. The topological polar surface area (TPSA) is 61.8 Å². The number of nitrogens with zero attached hydrogens (tertiary/aromatic N) is 1. The summed E-state index contributed by atoms with van der Waals surface area (Å²) in [6.45, 7) is 2.92. The Morgan fingerprint density at radius 3 is 3.11 bits per heavy atom. The summed E-state index contributed by atoms with van der Waals surface area (Å²) in [7, 11) is 2.04. The van der Waals surface area contributed by atoms with Gasteiger partial charge in [-0.1, -0.05) is 0 Å². The van der Waals surface area contributed by atoms with Crippen LogP contribution >= 0.6 is 22.6 Å². The molecule has 6 heteroatoms. The lowest BCUT2D eigenvalue weighted by atomic mass is 10.2. The number of phenolic OH excluding ortho intramolecular Hbond substituents is 1. The monoisotopic (exact) mass is 376 g/mol. The average molecular weight is 376 g/mol. The normalized spacial score (nSPS) is 20.2. The Labute approximate surface area is 126 Å². The highest BCUT2D eigenvalue weighted by Crippen LogP contribution is 2.20.